The number of aromatic nitrogens is 4. The van der Waals surface area contributed by atoms with Gasteiger partial charge in [-0.2, -0.15) is 13.2 Å². The number of nitrogens with zero attached hydrogens (tertiary/aromatic N) is 4. The van der Waals surface area contributed by atoms with Crippen molar-refractivity contribution in [3.63, 3.8) is 0 Å². The Morgan fingerprint density at radius 2 is 1.95 bits per heavy atom. The van der Waals surface area contributed by atoms with E-state index in [0.717, 1.165) is 30.7 Å². The monoisotopic (exact) mass is 556 g/mol. The molecule has 1 aromatic carbocycles. The summed E-state index contributed by atoms with van der Waals surface area (Å²) in [5.74, 6) is 0.495. The number of hydrogen-bond acceptors (Lipinski definition) is 5. The summed E-state index contributed by atoms with van der Waals surface area (Å²) in [7, 11) is 1.91. The van der Waals surface area contributed by atoms with Gasteiger partial charge in [-0.1, -0.05) is 32.4 Å². The fraction of sp³-hybridized carbons (Fsp3) is 0.517. The van der Waals surface area contributed by atoms with E-state index in [-0.39, 0.29) is 17.5 Å². The number of halogens is 3. The fourth-order valence-corrected chi connectivity index (χ4v) is 5.93. The molecule has 3 aromatic rings. The maximum Gasteiger partial charge on any atom is 0.406 e. The zero-order chi connectivity index (χ0) is 28.7. The lowest BCUT2D eigenvalue weighted by molar-refractivity contribution is -0.141. The van der Waals surface area contributed by atoms with Crippen molar-refractivity contribution in [2.45, 2.75) is 70.6 Å². The molecule has 2 aliphatic rings. The third kappa shape index (κ3) is 5.70. The van der Waals surface area contributed by atoms with Gasteiger partial charge in [-0.25, -0.2) is 0 Å². The van der Waals surface area contributed by atoms with Gasteiger partial charge in [-0.05, 0) is 72.9 Å². The molecule has 1 spiro atoms. The second kappa shape index (κ2) is 10.5. The van der Waals surface area contributed by atoms with E-state index in [4.69, 9.17) is 0 Å². The molecule has 11 heteroatoms. The van der Waals surface area contributed by atoms with Crippen molar-refractivity contribution in [3.05, 3.63) is 75.7 Å². The van der Waals surface area contributed by atoms with Gasteiger partial charge in [-0.3, -0.25) is 9.59 Å². The summed E-state index contributed by atoms with van der Waals surface area (Å²) >= 11 is 0. The number of hydrogen-bond donors (Lipinski definition) is 2. The number of carbonyl (C=O) groups excluding carboxylic acids is 1. The average Bonchev–Trinajstić information content (AvgIpc) is 3.56. The summed E-state index contributed by atoms with van der Waals surface area (Å²) in [4.78, 5) is 26.3. The number of carbonyl (C=O) groups is 1. The number of aryl methyl sites for hydroxylation is 1. The van der Waals surface area contributed by atoms with Gasteiger partial charge >= 0.3 is 6.18 Å². The van der Waals surface area contributed by atoms with Gasteiger partial charge in [0.2, 0.25) is 0 Å². The molecule has 8 nitrogen and oxygen atoms in total. The Hall–Kier alpha value is -3.47. The number of anilines is 1. The van der Waals surface area contributed by atoms with Crippen LogP contribution in [0.2, 0.25) is 0 Å². The molecule has 0 saturated heterocycles. The highest BCUT2D eigenvalue weighted by Gasteiger charge is 2.63. The molecule has 1 atom stereocenters. The van der Waals surface area contributed by atoms with Crippen LogP contribution in [0.25, 0.3) is 0 Å². The van der Waals surface area contributed by atoms with E-state index in [2.05, 4.69) is 34.7 Å². The molecule has 5 rings (SSSR count). The number of amides is 1. The van der Waals surface area contributed by atoms with E-state index >= 15 is 0 Å². The highest BCUT2D eigenvalue weighted by molar-refractivity contribution is 6.04. The maximum absolute atomic E-state index is 13.3. The highest BCUT2D eigenvalue weighted by Crippen LogP contribution is 2.70. The second-order valence-electron chi connectivity index (χ2n) is 11.7. The Balaban J connectivity index is 1.42. The van der Waals surface area contributed by atoms with Gasteiger partial charge in [-0.15, -0.1) is 10.2 Å². The standard InChI is InChI=1S/C29H35F3N6O2/c1-4-19(2)12-33-13-20-10-23(25(40)38(14-20)17-29(30,31)32)24(39)35-22-7-5-6-21(11-22)28(15-27(16-28)8-9-27)26-36-34-18-37(26)3/h5-7,10-11,14,18-19,33H,4,8-9,12-13,15-17H2,1-3H3,(H,35,39). The van der Waals surface area contributed by atoms with E-state index < -0.39 is 24.2 Å². The summed E-state index contributed by atoms with van der Waals surface area (Å²) in [6, 6.07) is 8.79. The third-order valence-electron chi connectivity index (χ3n) is 8.38. The van der Waals surface area contributed by atoms with Crippen LogP contribution in [0.3, 0.4) is 0 Å². The summed E-state index contributed by atoms with van der Waals surface area (Å²) in [6.07, 6.45) is 3.46. The Labute approximate surface area is 231 Å². The molecule has 2 fully saturated rings. The molecule has 214 valence electrons. The molecule has 1 amide bonds. The van der Waals surface area contributed by atoms with E-state index in [0.29, 0.717) is 33.7 Å². The Kier molecular flexibility index (Phi) is 7.37. The topological polar surface area (TPSA) is 93.8 Å². The molecular formula is C29H35F3N6O2. The lowest BCUT2D eigenvalue weighted by atomic mass is 9.56. The largest absolute Gasteiger partial charge is 0.406 e. The first kappa shape index (κ1) is 28.1. The van der Waals surface area contributed by atoms with E-state index in [9.17, 15) is 22.8 Å². The fourth-order valence-electron chi connectivity index (χ4n) is 5.93. The number of nitrogens with one attached hydrogen (secondary N) is 2. The maximum atomic E-state index is 13.3. The summed E-state index contributed by atoms with van der Waals surface area (Å²) < 4.78 is 42.2. The molecule has 0 bridgehead atoms. The smallest absolute Gasteiger partial charge is 0.322 e. The Morgan fingerprint density at radius 1 is 1.20 bits per heavy atom. The third-order valence-corrected chi connectivity index (χ3v) is 8.38. The molecule has 0 aliphatic heterocycles. The van der Waals surface area contributed by atoms with Gasteiger partial charge in [0, 0.05) is 25.5 Å². The van der Waals surface area contributed by atoms with Crippen LogP contribution >= 0.6 is 0 Å². The minimum absolute atomic E-state index is 0.236. The molecule has 2 heterocycles. The highest BCUT2D eigenvalue weighted by atomic mass is 19.4. The number of benzene rings is 1. The summed E-state index contributed by atoms with van der Waals surface area (Å²) in [5.41, 5.74) is 0.570. The molecule has 2 aliphatic carbocycles. The SMILES string of the molecule is CCC(C)CNCc1cc(C(=O)Nc2cccc(C3(c4nncn4C)CC4(CC4)C3)c2)c(=O)n(CC(F)(F)F)c1. The van der Waals surface area contributed by atoms with Gasteiger partial charge in [0.1, 0.15) is 24.3 Å². The molecular weight excluding hydrogens is 521 g/mol. The Morgan fingerprint density at radius 3 is 2.58 bits per heavy atom. The number of alkyl halides is 3. The first-order chi connectivity index (χ1) is 18.9. The van der Waals surface area contributed by atoms with Gasteiger partial charge < -0.3 is 19.8 Å². The van der Waals surface area contributed by atoms with Crippen LogP contribution in [0, 0.1) is 11.3 Å². The van der Waals surface area contributed by atoms with Crippen molar-refractivity contribution >= 4 is 11.6 Å². The van der Waals surface area contributed by atoms with E-state index in [1.165, 1.54) is 25.1 Å². The van der Waals surface area contributed by atoms with Crippen molar-refractivity contribution < 1.29 is 18.0 Å². The van der Waals surface area contributed by atoms with Crippen LogP contribution in [0.15, 0.2) is 47.7 Å². The number of pyridine rings is 1. The first-order valence-corrected chi connectivity index (χ1v) is 13.7. The van der Waals surface area contributed by atoms with Crippen molar-refractivity contribution in [2.24, 2.45) is 18.4 Å². The van der Waals surface area contributed by atoms with Crippen LogP contribution in [0.5, 0.6) is 0 Å². The average molecular weight is 557 g/mol. The first-order valence-electron chi connectivity index (χ1n) is 13.7. The molecule has 1 unspecified atom stereocenters. The number of rotatable bonds is 10. The van der Waals surface area contributed by atoms with Gasteiger partial charge in [0.25, 0.3) is 11.5 Å². The quantitative estimate of drug-likeness (QED) is 0.375. The van der Waals surface area contributed by atoms with Crippen molar-refractivity contribution in [1.29, 1.82) is 0 Å². The lowest BCUT2D eigenvalue weighted by Crippen LogP contribution is -2.45. The molecule has 2 N–H and O–H groups in total. The van der Waals surface area contributed by atoms with Crippen LogP contribution in [-0.4, -0.2) is 38.0 Å². The molecule has 2 saturated carbocycles. The predicted molar refractivity (Wildman–Crippen MR) is 145 cm³/mol. The predicted octanol–water partition coefficient (Wildman–Crippen LogP) is 4.79. The van der Waals surface area contributed by atoms with Crippen molar-refractivity contribution in [3.8, 4) is 0 Å². The minimum Gasteiger partial charge on any atom is -0.322 e. The molecule has 40 heavy (non-hydrogen) atoms. The van der Waals surface area contributed by atoms with E-state index in [1.54, 1.807) is 12.4 Å². The van der Waals surface area contributed by atoms with Crippen LogP contribution in [0.4, 0.5) is 18.9 Å². The van der Waals surface area contributed by atoms with Gasteiger partial charge in [0.15, 0.2) is 0 Å². The lowest BCUT2D eigenvalue weighted by Gasteiger charge is -2.48. The van der Waals surface area contributed by atoms with Crippen molar-refractivity contribution in [1.82, 2.24) is 24.6 Å². The summed E-state index contributed by atoms with van der Waals surface area (Å²) in [6.45, 7) is 3.55. The Bertz CT molecular complexity index is 1450. The normalized spacial score (nSPS) is 17.9. The van der Waals surface area contributed by atoms with Crippen LogP contribution in [-0.2, 0) is 25.6 Å². The van der Waals surface area contributed by atoms with Crippen LogP contribution in [0.1, 0.15) is 73.3 Å². The zero-order valence-electron chi connectivity index (χ0n) is 23.0. The molecule has 0 radical (unpaired) electrons. The summed E-state index contributed by atoms with van der Waals surface area (Å²) in [5, 5.41) is 14.4. The second-order valence-corrected chi connectivity index (χ2v) is 11.7. The van der Waals surface area contributed by atoms with Crippen LogP contribution < -0.4 is 16.2 Å². The zero-order valence-corrected chi connectivity index (χ0v) is 23.0. The molecule has 2 aromatic heterocycles. The van der Waals surface area contributed by atoms with Gasteiger partial charge in [0.05, 0.1) is 5.41 Å². The van der Waals surface area contributed by atoms with Crippen molar-refractivity contribution in [2.75, 3.05) is 11.9 Å². The van der Waals surface area contributed by atoms with E-state index in [1.807, 2.05) is 29.8 Å². The minimum atomic E-state index is -4.61.